The highest BCUT2D eigenvalue weighted by molar-refractivity contribution is 6.36. The van der Waals surface area contributed by atoms with Gasteiger partial charge in [0.25, 0.3) is 0 Å². The summed E-state index contributed by atoms with van der Waals surface area (Å²) >= 11 is 6.52. The van der Waals surface area contributed by atoms with Gasteiger partial charge in [0.2, 0.25) is 0 Å². The molecule has 8 nitrogen and oxygen atoms in total. The normalized spacial score (nSPS) is 14.2. The lowest BCUT2D eigenvalue weighted by Crippen LogP contribution is -2.27. The molecule has 0 fully saturated rings. The maximum absolute atomic E-state index is 9.81. The monoisotopic (exact) mass is 464 g/mol. The van der Waals surface area contributed by atoms with Crippen LogP contribution in [-0.4, -0.2) is 45.0 Å². The van der Waals surface area contributed by atoms with Crippen molar-refractivity contribution in [2.45, 2.75) is 13.3 Å². The average Bonchev–Trinajstić information content (AvgIpc) is 3.07. The predicted molar refractivity (Wildman–Crippen MR) is 129 cm³/mol. The van der Waals surface area contributed by atoms with Crippen LogP contribution in [0.2, 0.25) is 5.02 Å². The Morgan fingerprint density at radius 1 is 1.09 bits per heavy atom. The number of nitrogens with zero attached hydrogens (tertiary/aromatic N) is 3. The second-order valence-corrected chi connectivity index (χ2v) is 7.95. The van der Waals surface area contributed by atoms with E-state index in [9.17, 15) is 5.26 Å². The van der Waals surface area contributed by atoms with Gasteiger partial charge in [-0.2, -0.15) is 5.26 Å². The largest absolute Gasteiger partial charge is 0.491 e. The fourth-order valence-corrected chi connectivity index (χ4v) is 3.80. The van der Waals surface area contributed by atoms with E-state index in [0.717, 1.165) is 24.2 Å². The summed E-state index contributed by atoms with van der Waals surface area (Å²) in [4.78, 5) is 9.67. The van der Waals surface area contributed by atoms with Crippen LogP contribution in [0.3, 0.4) is 0 Å². The molecule has 2 aromatic carbocycles. The third kappa shape index (κ3) is 5.01. The Morgan fingerprint density at radius 3 is 2.73 bits per heavy atom. The van der Waals surface area contributed by atoms with Crippen molar-refractivity contribution in [1.29, 1.82) is 5.26 Å². The van der Waals surface area contributed by atoms with Crippen LogP contribution in [0.1, 0.15) is 30.0 Å². The quantitative estimate of drug-likeness (QED) is 0.491. The van der Waals surface area contributed by atoms with Crippen molar-refractivity contribution in [3.63, 3.8) is 0 Å². The molecule has 2 aromatic rings. The number of halogens is 1. The van der Waals surface area contributed by atoms with E-state index < -0.39 is 0 Å². The number of allylic oxidation sites excluding steroid dienone is 1. The minimum absolute atomic E-state index is 0.414. The minimum atomic E-state index is 0.414. The van der Waals surface area contributed by atoms with Gasteiger partial charge in [-0.1, -0.05) is 29.8 Å². The van der Waals surface area contributed by atoms with E-state index >= 15 is 0 Å². The molecule has 2 heterocycles. The molecule has 0 saturated heterocycles. The molecule has 0 aliphatic carbocycles. The van der Waals surface area contributed by atoms with Crippen LogP contribution in [-0.2, 0) is 4.74 Å². The fourth-order valence-electron chi connectivity index (χ4n) is 3.58. The Kier molecular flexibility index (Phi) is 7.25. The van der Waals surface area contributed by atoms with Crippen molar-refractivity contribution >= 4 is 28.8 Å². The number of hydrogen-bond donors (Lipinski definition) is 3. The van der Waals surface area contributed by atoms with E-state index in [2.05, 4.69) is 22.2 Å². The van der Waals surface area contributed by atoms with Crippen LogP contribution in [0, 0.1) is 11.3 Å². The second kappa shape index (κ2) is 10.5. The number of benzene rings is 2. The molecular weight excluding hydrogens is 440 g/mol. The van der Waals surface area contributed by atoms with E-state index in [4.69, 9.17) is 31.1 Å². The number of methoxy groups -OCH3 is 1. The number of rotatable bonds is 9. The zero-order valence-corrected chi connectivity index (χ0v) is 19.3. The minimum Gasteiger partial charge on any atom is -0.491 e. The van der Waals surface area contributed by atoms with E-state index in [-0.39, 0.29) is 0 Å². The van der Waals surface area contributed by atoms with Crippen molar-refractivity contribution < 1.29 is 9.47 Å². The highest BCUT2D eigenvalue weighted by Crippen LogP contribution is 2.36. The summed E-state index contributed by atoms with van der Waals surface area (Å²) in [5.74, 6) is 1.08. The van der Waals surface area contributed by atoms with Crippen molar-refractivity contribution in [2.75, 3.05) is 33.4 Å². The summed E-state index contributed by atoms with van der Waals surface area (Å²) in [6.45, 7) is 4.55. The first-order valence-corrected chi connectivity index (χ1v) is 11.1. The first-order valence-electron chi connectivity index (χ1n) is 10.7. The third-order valence-corrected chi connectivity index (χ3v) is 5.57. The predicted octanol–water partition coefficient (Wildman–Crippen LogP) is 3.44. The van der Waals surface area contributed by atoms with Crippen LogP contribution in [0.15, 0.2) is 57.8 Å². The topological polar surface area (TPSA) is 103 Å². The molecule has 0 aromatic heterocycles. The number of hydrogen-bond acceptors (Lipinski definition) is 8. The third-order valence-electron chi connectivity index (χ3n) is 5.24. The van der Waals surface area contributed by atoms with Gasteiger partial charge in [-0.15, -0.1) is 0 Å². The molecule has 3 N–H and O–H groups in total. The Hall–Kier alpha value is -3.38. The lowest BCUT2D eigenvalue weighted by atomic mass is 9.98. The average molecular weight is 465 g/mol. The van der Waals surface area contributed by atoms with Gasteiger partial charge in [0.1, 0.15) is 24.1 Å². The lowest BCUT2D eigenvalue weighted by Gasteiger charge is -2.14. The molecule has 4 rings (SSSR count). The molecule has 0 saturated carbocycles. The number of amidine groups is 1. The van der Waals surface area contributed by atoms with E-state index in [1.54, 1.807) is 19.2 Å². The van der Waals surface area contributed by atoms with Gasteiger partial charge in [0, 0.05) is 42.5 Å². The summed E-state index contributed by atoms with van der Waals surface area (Å²) in [7, 11) is 1.69. The summed E-state index contributed by atoms with van der Waals surface area (Å²) in [5, 5.41) is 13.7. The van der Waals surface area contributed by atoms with Crippen molar-refractivity contribution in [1.82, 2.24) is 16.2 Å². The molecule has 0 spiro atoms. The second-order valence-electron chi connectivity index (χ2n) is 7.55. The highest BCUT2D eigenvalue weighted by Gasteiger charge is 2.26. The van der Waals surface area contributed by atoms with Crippen LogP contribution >= 0.6 is 11.6 Å². The SMILES string of the molecule is COCCCNCCOc1cc2c(cc1C#N)C(c1ccccc1Cl)=NC1=C(C)NNC1=N2. The van der Waals surface area contributed by atoms with E-state index in [0.29, 0.717) is 64.6 Å². The highest BCUT2D eigenvalue weighted by atomic mass is 35.5. The zero-order valence-electron chi connectivity index (χ0n) is 18.5. The number of hydrazine groups is 1. The van der Waals surface area contributed by atoms with Crippen molar-refractivity contribution in [3.05, 3.63) is 69.5 Å². The number of aliphatic imine (C=N–C) groups is 2. The molecule has 2 aliphatic rings. The molecule has 2 aliphatic heterocycles. The first-order chi connectivity index (χ1) is 16.1. The van der Waals surface area contributed by atoms with Gasteiger partial charge >= 0.3 is 0 Å². The standard InChI is InChI=1S/C24H25ClN6O2/c1-15-22-24(31-30-15)28-20-13-21(33-11-9-27-8-5-10-32-2)16(14-26)12-18(20)23(29-22)17-6-3-4-7-19(17)25/h3-4,6-7,12-13,27H,5,8-11H2,1-2H3,(H2,28,30,31). The molecule has 0 radical (unpaired) electrons. The van der Waals surface area contributed by atoms with Crippen molar-refractivity contribution in [2.24, 2.45) is 9.98 Å². The van der Waals surface area contributed by atoms with Gasteiger partial charge in [-0.3, -0.25) is 5.43 Å². The van der Waals surface area contributed by atoms with Crippen LogP contribution < -0.4 is 20.9 Å². The summed E-state index contributed by atoms with van der Waals surface area (Å²) < 4.78 is 11.0. The van der Waals surface area contributed by atoms with Gasteiger partial charge in [0.05, 0.1) is 22.7 Å². The van der Waals surface area contributed by atoms with Gasteiger partial charge in [-0.05, 0) is 32.0 Å². The Bertz CT molecular complexity index is 1180. The number of nitrogens with one attached hydrogen (secondary N) is 3. The molecule has 33 heavy (non-hydrogen) atoms. The Balaban J connectivity index is 1.68. The van der Waals surface area contributed by atoms with Gasteiger partial charge < -0.3 is 20.2 Å². The van der Waals surface area contributed by atoms with Gasteiger partial charge in [-0.25, -0.2) is 9.98 Å². The smallest absolute Gasteiger partial charge is 0.173 e. The number of ether oxygens (including phenoxy) is 2. The fraction of sp³-hybridized carbons (Fsp3) is 0.292. The summed E-state index contributed by atoms with van der Waals surface area (Å²) in [6, 6.07) is 13.3. The number of nitriles is 1. The zero-order chi connectivity index (χ0) is 23.2. The molecular formula is C24H25ClN6O2. The molecule has 0 unspecified atom stereocenters. The molecule has 0 atom stereocenters. The Morgan fingerprint density at radius 2 is 1.94 bits per heavy atom. The van der Waals surface area contributed by atoms with Crippen LogP contribution in [0.5, 0.6) is 5.75 Å². The maximum Gasteiger partial charge on any atom is 0.173 e. The molecule has 9 heteroatoms. The van der Waals surface area contributed by atoms with E-state index in [1.165, 1.54) is 0 Å². The van der Waals surface area contributed by atoms with E-state index in [1.807, 2.05) is 31.2 Å². The van der Waals surface area contributed by atoms with Crippen LogP contribution in [0.25, 0.3) is 0 Å². The number of fused-ring (bicyclic) bond motifs is 2. The van der Waals surface area contributed by atoms with Gasteiger partial charge in [0.15, 0.2) is 5.84 Å². The lowest BCUT2D eigenvalue weighted by molar-refractivity contribution is 0.193. The maximum atomic E-state index is 9.81. The Labute approximate surface area is 197 Å². The van der Waals surface area contributed by atoms with Crippen molar-refractivity contribution in [3.8, 4) is 11.8 Å². The summed E-state index contributed by atoms with van der Waals surface area (Å²) in [6.07, 6.45) is 0.927. The molecule has 0 bridgehead atoms. The molecule has 170 valence electrons. The van der Waals surface area contributed by atoms with Crippen LogP contribution in [0.4, 0.5) is 5.69 Å². The molecule has 0 amide bonds. The first kappa shape index (κ1) is 22.8. The summed E-state index contributed by atoms with van der Waals surface area (Å²) in [5.41, 5.74) is 10.9.